The number of nitrogens with zero attached hydrogens (tertiary/aromatic N) is 1. The first kappa shape index (κ1) is 19.0. The Hall–Kier alpha value is -2.09. The number of ether oxygens (including phenoxy) is 1. The fourth-order valence-electron chi connectivity index (χ4n) is 1.82. The van der Waals surface area contributed by atoms with Gasteiger partial charge in [-0.3, -0.25) is 9.59 Å². The molecule has 0 atom stereocenters. The Bertz CT molecular complexity index is 589. The van der Waals surface area contributed by atoms with Gasteiger partial charge in [0.1, 0.15) is 0 Å². The molecule has 3 N–H and O–H groups in total. The van der Waals surface area contributed by atoms with Crippen molar-refractivity contribution in [1.82, 2.24) is 5.43 Å². The maximum absolute atomic E-state index is 11.6. The van der Waals surface area contributed by atoms with Crippen LogP contribution < -0.4 is 10.2 Å². The highest BCUT2D eigenvalue weighted by Crippen LogP contribution is 2.32. The van der Waals surface area contributed by atoms with Gasteiger partial charge >= 0.3 is 5.97 Å². The molecule has 0 aliphatic rings. The number of rotatable bonds is 9. The summed E-state index contributed by atoms with van der Waals surface area (Å²) in [6.07, 6.45) is 3.54. The van der Waals surface area contributed by atoms with Crippen molar-refractivity contribution >= 4 is 34.0 Å². The lowest BCUT2D eigenvalue weighted by Crippen LogP contribution is -2.17. The van der Waals surface area contributed by atoms with E-state index in [1.54, 1.807) is 12.1 Å². The van der Waals surface area contributed by atoms with Crippen LogP contribution in [0.15, 0.2) is 21.7 Å². The quantitative estimate of drug-likeness (QED) is 0.343. The molecule has 0 spiro atoms. The van der Waals surface area contributed by atoms with Gasteiger partial charge in [-0.15, -0.1) is 0 Å². The molecule has 0 radical (unpaired) electrons. The summed E-state index contributed by atoms with van der Waals surface area (Å²) in [5.41, 5.74) is 2.76. The third kappa shape index (κ3) is 7.14. The third-order valence-electron chi connectivity index (χ3n) is 2.98. The van der Waals surface area contributed by atoms with Crippen LogP contribution in [0.25, 0.3) is 0 Å². The first-order chi connectivity index (χ1) is 10.9. The van der Waals surface area contributed by atoms with E-state index in [-0.39, 0.29) is 24.5 Å². The zero-order valence-electron chi connectivity index (χ0n) is 12.7. The standard InChI is InChI=1S/C15H19BrN2O5/c1-23-12-8-11(16)7-10(15(12)22)9-17-18-13(19)5-3-2-4-6-14(20)21/h7-9,22H,2-6H2,1H3,(H,18,19)(H,20,21)/b17-9+. The minimum Gasteiger partial charge on any atom is -0.504 e. The highest BCUT2D eigenvalue weighted by molar-refractivity contribution is 9.10. The average Bonchev–Trinajstić information content (AvgIpc) is 2.49. The van der Waals surface area contributed by atoms with Crippen LogP contribution in [0.1, 0.15) is 37.7 Å². The van der Waals surface area contributed by atoms with Crippen molar-refractivity contribution in [2.24, 2.45) is 5.10 Å². The fourth-order valence-corrected chi connectivity index (χ4v) is 2.27. The summed E-state index contributed by atoms with van der Waals surface area (Å²) in [6.45, 7) is 0. The van der Waals surface area contributed by atoms with Crippen LogP contribution in [0.5, 0.6) is 11.5 Å². The molecule has 1 aromatic rings. The summed E-state index contributed by atoms with van der Waals surface area (Å²) in [4.78, 5) is 21.9. The van der Waals surface area contributed by atoms with Crippen molar-refractivity contribution in [3.63, 3.8) is 0 Å². The minimum atomic E-state index is -0.830. The second kappa shape index (κ2) is 9.83. The number of hydrogen-bond acceptors (Lipinski definition) is 5. The Labute approximate surface area is 142 Å². The Morgan fingerprint density at radius 2 is 2.00 bits per heavy atom. The molecule has 7 nitrogen and oxygen atoms in total. The summed E-state index contributed by atoms with van der Waals surface area (Å²) < 4.78 is 5.72. The van der Waals surface area contributed by atoms with E-state index in [4.69, 9.17) is 9.84 Å². The van der Waals surface area contributed by atoms with Crippen LogP contribution in [-0.4, -0.2) is 35.4 Å². The van der Waals surface area contributed by atoms with Gasteiger partial charge in [-0.05, 0) is 25.0 Å². The molecule has 23 heavy (non-hydrogen) atoms. The first-order valence-corrected chi connectivity index (χ1v) is 7.83. The number of benzene rings is 1. The highest BCUT2D eigenvalue weighted by atomic mass is 79.9. The zero-order chi connectivity index (χ0) is 17.2. The highest BCUT2D eigenvalue weighted by Gasteiger charge is 2.08. The molecule has 8 heteroatoms. The topological polar surface area (TPSA) is 108 Å². The van der Waals surface area contributed by atoms with E-state index < -0.39 is 5.97 Å². The van der Waals surface area contributed by atoms with Gasteiger partial charge in [-0.1, -0.05) is 22.4 Å². The van der Waals surface area contributed by atoms with Gasteiger partial charge in [0.25, 0.3) is 0 Å². The third-order valence-corrected chi connectivity index (χ3v) is 3.43. The predicted octanol–water partition coefficient (Wildman–Crippen LogP) is 2.65. The number of hydrogen-bond donors (Lipinski definition) is 3. The average molecular weight is 387 g/mol. The van der Waals surface area contributed by atoms with Crippen molar-refractivity contribution < 1.29 is 24.5 Å². The summed E-state index contributed by atoms with van der Waals surface area (Å²) in [7, 11) is 1.44. The molecule has 0 heterocycles. The fraction of sp³-hybridized carbons (Fsp3) is 0.400. The second-order valence-electron chi connectivity index (χ2n) is 4.79. The molecule has 0 aliphatic heterocycles. The summed E-state index contributed by atoms with van der Waals surface area (Å²) in [5, 5.41) is 22.2. The number of unbranched alkanes of at least 4 members (excludes halogenated alkanes) is 2. The minimum absolute atomic E-state index is 0.0673. The monoisotopic (exact) mass is 386 g/mol. The number of carboxylic acid groups (broad SMARTS) is 1. The molecule has 0 unspecified atom stereocenters. The first-order valence-electron chi connectivity index (χ1n) is 7.04. The van der Waals surface area contributed by atoms with Gasteiger partial charge in [0.05, 0.1) is 13.3 Å². The van der Waals surface area contributed by atoms with Crippen molar-refractivity contribution in [2.75, 3.05) is 7.11 Å². The SMILES string of the molecule is COc1cc(Br)cc(/C=N/NC(=O)CCCCCC(=O)O)c1O. The number of phenolic OH excluding ortho intramolecular Hbond substituents is 1. The largest absolute Gasteiger partial charge is 0.504 e. The van der Waals surface area contributed by atoms with Crippen molar-refractivity contribution in [3.05, 3.63) is 22.2 Å². The van der Waals surface area contributed by atoms with E-state index in [0.29, 0.717) is 35.0 Å². The molecule has 0 fully saturated rings. The summed E-state index contributed by atoms with van der Waals surface area (Å²) in [5.74, 6) is -0.866. The van der Waals surface area contributed by atoms with Crippen LogP contribution in [0, 0.1) is 0 Å². The molecule has 126 valence electrons. The number of methoxy groups -OCH3 is 1. The normalized spacial score (nSPS) is 10.7. The Balaban J connectivity index is 2.42. The molecule has 0 saturated carbocycles. The van der Waals surface area contributed by atoms with Gasteiger partial charge in [0, 0.05) is 22.9 Å². The lowest BCUT2D eigenvalue weighted by atomic mass is 10.1. The molecule has 0 aliphatic carbocycles. The van der Waals surface area contributed by atoms with Gasteiger partial charge in [0.15, 0.2) is 11.5 Å². The second-order valence-corrected chi connectivity index (χ2v) is 5.71. The molecular weight excluding hydrogens is 368 g/mol. The molecule has 0 saturated heterocycles. The van der Waals surface area contributed by atoms with Gasteiger partial charge in [0.2, 0.25) is 5.91 Å². The number of nitrogens with one attached hydrogen (secondary N) is 1. The van der Waals surface area contributed by atoms with E-state index in [1.807, 2.05) is 0 Å². The van der Waals surface area contributed by atoms with Gasteiger partial charge < -0.3 is 14.9 Å². The molecule has 0 bridgehead atoms. The van der Waals surface area contributed by atoms with Gasteiger partial charge in [-0.2, -0.15) is 5.10 Å². The van der Waals surface area contributed by atoms with Crippen LogP contribution in [0.2, 0.25) is 0 Å². The van der Waals surface area contributed by atoms with Gasteiger partial charge in [-0.25, -0.2) is 5.43 Å². The Morgan fingerprint density at radius 1 is 1.30 bits per heavy atom. The molecule has 1 aromatic carbocycles. The smallest absolute Gasteiger partial charge is 0.303 e. The zero-order valence-corrected chi connectivity index (χ0v) is 14.3. The lowest BCUT2D eigenvalue weighted by Gasteiger charge is -2.06. The number of halogens is 1. The predicted molar refractivity (Wildman–Crippen MR) is 88.8 cm³/mol. The lowest BCUT2D eigenvalue weighted by molar-refractivity contribution is -0.137. The number of aliphatic carboxylic acids is 1. The van der Waals surface area contributed by atoms with Crippen molar-refractivity contribution in [3.8, 4) is 11.5 Å². The molecular formula is C15H19BrN2O5. The maximum Gasteiger partial charge on any atom is 0.303 e. The number of carbonyl (C=O) groups is 2. The Kier molecular flexibility index (Phi) is 8.10. The maximum atomic E-state index is 11.6. The van der Waals surface area contributed by atoms with E-state index in [0.717, 1.165) is 0 Å². The number of phenols is 1. The number of amides is 1. The molecule has 1 amide bonds. The number of hydrazone groups is 1. The molecule has 1 rings (SSSR count). The van der Waals surface area contributed by atoms with Crippen LogP contribution >= 0.6 is 15.9 Å². The van der Waals surface area contributed by atoms with E-state index in [2.05, 4.69) is 26.5 Å². The molecule has 0 aromatic heterocycles. The van der Waals surface area contributed by atoms with E-state index >= 15 is 0 Å². The van der Waals surface area contributed by atoms with Crippen molar-refractivity contribution in [2.45, 2.75) is 32.1 Å². The number of carboxylic acids is 1. The van der Waals surface area contributed by atoms with Crippen LogP contribution in [0.4, 0.5) is 0 Å². The Morgan fingerprint density at radius 3 is 2.65 bits per heavy atom. The van der Waals surface area contributed by atoms with E-state index in [9.17, 15) is 14.7 Å². The number of carbonyl (C=O) groups excluding carboxylic acids is 1. The summed E-state index contributed by atoms with van der Waals surface area (Å²) in [6, 6.07) is 3.25. The number of aromatic hydroxyl groups is 1. The van der Waals surface area contributed by atoms with Crippen LogP contribution in [0.3, 0.4) is 0 Å². The van der Waals surface area contributed by atoms with E-state index in [1.165, 1.54) is 13.3 Å². The van der Waals surface area contributed by atoms with Crippen LogP contribution in [-0.2, 0) is 9.59 Å². The summed E-state index contributed by atoms with van der Waals surface area (Å²) >= 11 is 3.29. The van der Waals surface area contributed by atoms with Crippen molar-refractivity contribution in [1.29, 1.82) is 0 Å².